The van der Waals surface area contributed by atoms with Crippen molar-refractivity contribution in [3.05, 3.63) is 0 Å². The first-order valence-electron chi connectivity index (χ1n) is 7.91. The summed E-state index contributed by atoms with van der Waals surface area (Å²) in [6.07, 6.45) is 5.40. The lowest BCUT2D eigenvalue weighted by Gasteiger charge is -2.36. The van der Waals surface area contributed by atoms with Crippen LogP contribution in [0.4, 0.5) is 0 Å². The van der Waals surface area contributed by atoms with Gasteiger partial charge in [-0.15, -0.1) is 0 Å². The summed E-state index contributed by atoms with van der Waals surface area (Å²) in [5.74, 6) is 0.373. The van der Waals surface area contributed by atoms with Crippen molar-refractivity contribution in [2.24, 2.45) is 0 Å². The highest BCUT2D eigenvalue weighted by Crippen LogP contribution is 2.16. The lowest BCUT2D eigenvalue weighted by atomic mass is 10.0. The summed E-state index contributed by atoms with van der Waals surface area (Å²) >= 11 is 0. The second-order valence-electron chi connectivity index (χ2n) is 5.98. The van der Waals surface area contributed by atoms with E-state index in [4.69, 9.17) is 0 Å². The van der Waals surface area contributed by atoms with E-state index in [9.17, 15) is 4.79 Å². The van der Waals surface area contributed by atoms with E-state index in [-0.39, 0.29) is 0 Å². The van der Waals surface area contributed by atoms with Gasteiger partial charge in [0.05, 0.1) is 0 Å². The quantitative estimate of drug-likeness (QED) is 0.728. The van der Waals surface area contributed by atoms with Crippen molar-refractivity contribution in [3.8, 4) is 0 Å². The zero-order chi connectivity index (χ0) is 13.7. The molecule has 0 bridgehead atoms. The largest absolute Gasteiger partial charge is 0.343 e. The van der Waals surface area contributed by atoms with E-state index in [1.807, 2.05) is 0 Å². The fourth-order valence-electron chi connectivity index (χ4n) is 3.03. The molecule has 0 saturated carbocycles. The Labute approximate surface area is 117 Å². The lowest BCUT2D eigenvalue weighted by Crippen LogP contribution is -2.45. The third-order valence-electron chi connectivity index (χ3n) is 4.75. The van der Waals surface area contributed by atoms with Gasteiger partial charge in [0.25, 0.3) is 0 Å². The Morgan fingerprint density at radius 2 is 1.89 bits per heavy atom. The number of carbonyl (C=O) groups is 1. The van der Waals surface area contributed by atoms with E-state index in [1.54, 1.807) is 0 Å². The van der Waals surface area contributed by atoms with Crippen molar-refractivity contribution in [3.63, 3.8) is 0 Å². The van der Waals surface area contributed by atoms with Crippen LogP contribution >= 0.6 is 0 Å². The molecule has 0 aromatic carbocycles. The summed E-state index contributed by atoms with van der Waals surface area (Å²) in [5, 5.41) is 0. The van der Waals surface area contributed by atoms with E-state index in [0.717, 1.165) is 51.9 Å². The zero-order valence-electron chi connectivity index (χ0n) is 12.6. The van der Waals surface area contributed by atoms with Gasteiger partial charge in [0, 0.05) is 25.6 Å². The molecule has 4 nitrogen and oxygen atoms in total. The number of piperidine rings is 1. The predicted molar refractivity (Wildman–Crippen MR) is 78.2 cm³/mol. The van der Waals surface area contributed by atoms with Gasteiger partial charge < -0.3 is 14.7 Å². The maximum absolute atomic E-state index is 12.1. The molecular formula is C15H29N3O. The predicted octanol–water partition coefficient (Wildman–Crippen LogP) is 1.42. The number of hydrogen-bond acceptors (Lipinski definition) is 3. The Balaban J connectivity index is 1.61. The molecule has 0 aliphatic carbocycles. The van der Waals surface area contributed by atoms with E-state index in [2.05, 4.69) is 28.7 Å². The SMILES string of the molecule is CCN(C)C1CCN(C(=O)CCCN2CCC2)CC1. The summed E-state index contributed by atoms with van der Waals surface area (Å²) in [5.41, 5.74) is 0. The van der Waals surface area contributed by atoms with Crippen LogP contribution in [0.15, 0.2) is 0 Å². The number of nitrogens with zero attached hydrogens (tertiary/aromatic N) is 3. The van der Waals surface area contributed by atoms with Crippen LogP contribution < -0.4 is 0 Å². The Hall–Kier alpha value is -0.610. The fraction of sp³-hybridized carbons (Fsp3) is 0.933. The monoisotopic (exact) mass is 267 g/mol. The summed E-state index contributed by atoms with van der Waals surface area (Å²) in [7, 11) is 2.19. The second-order valence-corrected chi connectivity index (χ2v) is 5.98. The number of rotatable bonds is 6. The molecule has 2 saturated heterocycles. The lowest BCUT2D eigenvalue weighted by molar-refractivity contribution is -0.132. The molecule has 0 spiro atoms. The average Bonchev–Trinajstić information content (AvgIpc) is 2.40. The van der Waals surface area contributed by atoms with Gasteiger partial charge in [-0.3, -0.25) is 4.79 Å². The van der Waals surface area contributed by atoms with E-state index >= 15 is 0 Å². The van der Waals surface area contributed by atoms with E-state index < -0.39 is 0 Å². The number of hydrogen-bond donors (Lipinski definition) is 0. The topological polar surface area (TPSA) is 26.8 Å². The molecule has 0 radical (unpaired) electrons. The minimum absolute atomic E-state index is 0.373. The zero-order valence-corrected chi connectivity index (χ0v) is 12.6. The van der Waals surface area contributed by atoms with E-state index in [0.29, 0.717) is 11.9 Å². The molecule has 0 aromatic heterocycles. The standard InChI is InChI=1S/C15H29N3O/c1-3-16(2)14-7-12-18(13-8-14)15(19)6-4-9-17-10-5-11-17/h14H,3-13H2,1-2H3. The number of carbonyl (C=O) groups excluding carboxylic acids is 1. The number of likely N-dealkylation sites (tertiary alicyclic amines) is 2. The van der Waals surface area contributed by atoms with Crippen LogP contribution in [-0.4, -0.2) is 73.0 Å². The van der Waals surface area contributed by atoms with Crippen LogP contribution in [0.2, 0.25) is 0 Å². The van der Waals surface area contributed by atoms with Gasteiger partial charge in [-0.05, 0) is 58.9 Å². The normalized spacial score (nSPS) is 21.7. The van der Waals surface area contributed by atoms with Crippen LogP contribution in [0.1, 0.15) is 39.0 Å². The van der Waals surface area contributed by atoms with E-state index in [1.165, 1.54) is 19.5 Å². The average molecular weight is 267 g/mol. The van der Waals surface area contributed by atoms with Gasteiger partial charge >= 0.3 is 0 Å². The Morgan fingerprint density at radius 3 is 2.42 bits per heavy atom. The molecule has 4 heteroatoms. The molecule has 0 atom stereocenters. The van der Waals surface area contributed by atoms with Crippen molar-refractivity contribution in [2.45, 2.75) is 45.1 Å². The third-order valence-corrected chi connectivity index (χ3v) is 4.75. The highest BCUT2D eigenvalue weighted by atomic mass is 16.2. The first kappa shape index (κ1) is 14.8. The molecule has 2 fully saturated rings. The smallest absolute Gasteiger partial charge is 0.222 e. The highest BCUT2D eigenvalue weighted by molar-refractivity contribution is 5.76. The molecule has 0 aromatic rings. The van der Waals surface area contributed by atoms with Crippen LogP contribution in [-0.2, 0) is 4.79 Å². The van der Waals surface area contributed by atoms with Crippen LogP contribution in [0, 0.1) is 0 Å². The van der Waals surface area contributed by atoms with Crippen LogP contribution in [0.25, 0.3) is 0 Å². The molecule has 2 aliphatic rings. The Morgan fingerprint density at radius 1 is 1.21 bits per heavy atom. The van der Waals surface area contributed by atoms with Crippen LogP contribution in [0.5, 0.6) is 0 Å². The molecule has 2 rings (SSSR count). The van der Waals surface area contributed by atoms with Gasteiger partial charge in [0.2, 0.25) is 5.91 Å². The third kappa shape index (κ3) is 4.18. The molecule has 0 unspecified atom stereocenters. The second kappa shape index (κ2) is 7.25. The fourth-order valence-corrected chi connectivity index (χ4v) is 3.03. The summed E-state index contributed by atoms with van der Waals surface area (Å²) < 4.78 is 0. The first-order chi connectivity index (χ1) is 9.20. The van der Waals surface area contributed by atoms with Gasteiger partial charge in [-0.2, -0.15) is 0 Å². The Bertz CT molecular complexity index is 283. The van der Waals surface area contributed by atoms with Gasteiger partial charge in [-0.25, -0.2) is 0 Å². The van der Waals surface area contributed by atoms with Crippen molar-refractivity contribution < 1.29 is 4.79 Å². The van der Waals surface area contributed by atoms with Crippen molar-refractivity contribution >= 4 is 5.91 Å². The summed E-state index contributed by atoms with van der Waals surface area (Å²) in [6, 6.07) is 0.676. The molecule has 1 amide bonds. The molecule has 2 heterocycles. The summed E-state index contributed by atoms with van der Waals surface area (Å²) in [4.78, 5) is 19.1. The van der Waals surface area contributed by atoms with Crippen molar-refractivity contribution in [1.82, 2.24) is 14.7 Å². The number of amides is 1. The first-order valence-corrected chi connectivity index (χ1v) is 7.91. The van der Waals surface area contributed by atoms with Crippen molar-refractivity contribution in [2.75, 3.05) is 46.3 Å². The maximum atomic E-state index is 12.1. The van der Waals surface area contributed by atoms with Crippen LogP contribution in [0.3, 0.4) is 0 Å². The van der Waals surface area contributed by atoms with Gasteiger partial charge in [0.1, 0.15) is 0 Å². The minimum atomic E-state index is 0.373. The molecule has 0 N–H and O–H groups in total. The Kier molecular flexibility index (Phi) is 5.64. The maximum Gasteiger partial charge on any atom is 0.222 e. The van der Waals surface area contributed by atoms with Crippen molar-refractivity contribution in [1.29, 1.82) is 0 Å². The molecular weight excluding hydrogens is 238 g/mol. The highest BCUT2D eigenvalue weighted by Gasteiger charge is 2.24. The van der Waals surface area contributed by atoms with Gasteiger partial charge in [0.15, 0.2) is 0 Å². The molecule has 2 aliphatic heterocycles. The summed E-state index contributed by atoms with van der Waals surface area (Å²) in [6.45, 7) is 8.81. The minimum Gasteiger partial charge on any atom is -0.343 e. The molecule has 110 valence electrons. The van der Waals surface area contributed by atoms with Gasteiger partial charge in [-0.1, -0.05) is 6.92 Å². The molecule has 19 heavy (non-hydrogen) atoms.